The molecule has 3 aromatic rings. The molecule has 2 aromatic heterocycles. The minimum Gasteiger partial charge on any atom is -0.444 e. The van der Waals surface area contributed by atoms with Gasteiger partial charge in [-0.2, -0.15) is 0 Å². The SMILES string of the molecule is OCc1ccc(SCc2coc(-c3cccs3)n2)cc1. The number of nitrogens with zero attached hydrogens (tertiary/aromatic N) is 1. The van der Waals surface area contributed by atoms with Crippen molar-refractivity contribution in [1.82, 2.24) is 4.98 Å². The summed E-state index contributed by atoms with van der Waals surface area (Å²) in [5, 5.41) is 11.0. The van der Waals surface area contributed by atoms with Crippen LogP contribution in [0.3, 0.4) is 0 Å². The van der Waals surface area contributed by atoms with Gasteiger partial charge in [0, 0.05) is 10.6 Å². The van der Waals surface area contributed by atoms with Crippen molar-refractivity contribution in [3.05, 3.63) is 59.3 Å². The minimum atomic E-state index is 0.0818. The van der Waals surface area contributed by atoms with E-state index in [-0.39, 0.29) is 6.61 Å². The van der Waals surface area contributed by atoms with Gasteiger partial charge in [-0.15, -0.1) is 23.1 Å². The van der Waals surface area contributed by atoms with E-state index in [0.29, 0.717) is 5.89 Å². The molecule has 3 rings (SSSR count). The number of thiophene rings is 1. The van der Waals surface area contributed by atoms with Crippen molar-refractivity contribution in [3.8, 4) is 10.8 Å². The Hall–Kier alpha value is -1.56. The van der Waals surface area contributed by atoms with Crippen LogP contribution in [0.4, 0.5) is 0 Å². The van der Waals surface area contributed by atoms with Gasteiger partial charge in [-0.3, -0.25) is 0 Å². The molecule has 2 heterocycles. The zero-order valence-electron chi connectivity index (χ0n) is 10.7. The Morgan fingerprint density at radius 1 is 1.20 bits per heavy atom. The van der Waals surface area contributed by atoms with Crippen LogP contribution in [0.5, 0.6) is 0 Å². The number of aromatic nitrogens is 1. The highest BCUT2D eigenvalue weighted by Crippen LogP contribution is 2.27. The van der Waals surface area contributed by atoms with E-state index in [4.69, 9.17) is 9.52 Å². The fourth-order valence-electron chi connectivity index (χ4n) is 1.74. The molecule has 0 atom stereocenters. The Kier molecular flexibility index (Phi) is 4.20. The summed E-state index contributed by atoms with van der Waals surface area (Å²) in [7, 11) is 0. The lowest BCUT2D eigenvalue weighted by Crippen LogP contribution is -1.83. The first kappa shape index (κ1) is 13.4. The predicted molar refractivity (Wildman–Crippen MR) is 81.7 cm³/mol. The highest BCUT2D eigenvalue weighted by Gasteiger charge is 2.07. The van der Waals surface area contributed by atoms with E-state index in [2.05, 4.69) is 4.98 Å². The van der Waals surface area contributed by atoms with Crippen molar-refractivity contribution in [2.24, 2.45) is 0 Å². The van der Waals surface area contributed by atoms with Crippen LogP contribution >= 0.6 is 23.1 Å². The molecule has 0 aliphatic heterocycles. The van der Waals surface area contributed by atoms with Crippen molar-refractivity contribution < 1.29 is 9.52 Å². The largest absolute Gasteiger partial charge is 0.444 e. The number of benzene rings is 1. The summed E-state index contributed by atoms with van der Waals surface area (Å²) in [4.78, 5) is 6.69. The second-order valence-electron chi connectivity index (χ2n) is 4.21. The summed E-state index contributed by atoms with van der Waals surface area (Å²) in [6.07, 6.45) is 1.71. The Morgan fingerprint density at radius 3 is 2.75 bits per heavy atom. The molecule has 5 heteroatoms. The number of thioether (sulfide) groups is 1. The number of aliphatic hydroxyl groups excluding tert-OH is 1. The first-order valence-corrected chi connectivity index (χ1v) is 8.02. The van der Waals surface area contributed by atoms with Crippen molar-refractivity contribution in [2.75, 3.05) is 0 Å². The second kappa shape index (κ2) is 6.26. The molecule has 0 fully saturated rings. The predicted octanol–water partition coefficient (Wildman–Crippen LogP) is 4.19. The van der Waals surface area contributed by atoms with Gasteiger partial charge in [-0.25, -0.2) is 4.98 Å². The topological polar surface area (TPSA) is 46.3 Å². The molecule has 0 aliphatic carbocycles. The van der Waals surface area contributed by atoms with Gasteiger partial charge >= 0.3 is 0 Å². The molecule has 20 heavy (non-hydrogen) atoms. The summed E-state index contributed by atoms with van der Waals surface area (Å²) in [6.45, 7) is 0.0818. The maximum absolute atomic E-state index is 9.00. The third kappa shape index (κ3) is 3.12. The van der Waals surface area contributed by atoms with Crippen molar-refractivity contribution in [1.29, 1.82) is 0 Å². The monoisotopic (exact) mass is 303 g/mol. The summed E-state index contributed by atoms with van der Waals surface area (Å²) in [5.74, 6) is 1.46. The highest BCUT2D eigenvalue weighted by atomic mass is 32.2. The number of rotatable bonds is 5. The van der Waals surface area contributed by atoms with Crippen LogP contribution in [-0.2, 0) is 12.4 Å². The van der Waals surface area contributed by atoms with Crippen LogP contribution in [0, 0.1) is 0 Å². The van der Waals surface area contributed by atoms with Crippen LogP contribution in [0.1, 0.15) is 11.3 Å². The third-order valence-corrected chi connectivity index (χ3v) is 4.68. The highest BCUT2D eigenvalue weighted by molar-refractivity contribution is 7.98. The van der Waals surface area contributed by atoms with Gasteiger partial charge in [0.15, 0.2) is 0 Å². The third-order valence-electron chi connectivity index (χ3n) is 2.78. The van der Waals surface area contributed by atoms with Gasteiger partial charge in [-0.1, -0.05) is 18.2 Å². The lowest BCUT2D eigenvalue weighted by Gasteiger charge is -2.00. The normalized spacial score (nSPS) is 10.8. The van der Waals surface area contributed by atoms with Gasteiger partial charge in [0.1, 0.15) is 6.26 Å². The minimum absolute atomic E-state index is 0.0818. The average Bonchev–Trinajstić information content (AvgIpc) is 3.16. The van der Waals surface area contributed by atoms with E-state index < -0.39 is 0 Å². The summed E-state index contributed by atoms with van der Waals surface area (Å²) >= 11 is 3.32. The van der Waals surface area contributed by atoms with Gasteiger partial charge in [0.05, 0.1) is 17.2 Å². The Labute approximate surface area is 125 Å². The van der Waals surface area contributed by atoms with Crippen LogP contribution in [0.2, 0.25) is 0 Å². The van der Waals surface area contributed by atoms with E-state index in [1.807, 2.05) is 41.8 Å². The van der Waals surface area contributed by atoms with Crippen molar-refractivity contribution >= 4 is 23.1 Å². The van der Waals surface area contributed by atoms with E-state index in [1.54, 1.807) is 29.4 Å². The number of aliphatic hydroxyl groups is 1. The molecule has 0 unspecified atom stereocenters. The number of hydrogen-bond donors (Lipinski definition) is 1. The average molecular weight is 303 g/mol. The van der Waals surface area contributed by atoms with Gasteiger partial charge in [0.25, 0.3) is 0 Å². The quantitative estimate of drug-likeness (QED) is 0.718. The van der Waals surface area contributed by atoms with Crippen molar-refractivity contribution in [2.45, 2.75) is 17.3 Å². The second-order valence-corrected chi connectivity index (χ2v) is 6.21. The zero-order valence-corrected chi connectivity index (χ0v) is 12.3. The molecule has 0 aliphatic rings. The molecule has 0 spiro atoms. The summed E-state index contributed by atoms with van der Waals surface area (Å²) in [6, 6.07) is 11.9. The maximum Gasteiger partial charge on any atom is 0.236 e. The fourth-order valence-corrected chi connectivity index (χ4v) is 3.17. The molecular formula is C15H13NO2S2. The first-order chi connectivity index (χ1) is 9.85. The Bertz CT molecular complexity index is 660. The summed E-state index contributed by atoms with van der Waals surface area (Å²) in [5.41, 5.74) is 1.86. The molecule has 0 bridgehead atoms. The molecule has 3 nitrogen and oxygen atoms in total. The van der Waals surface area contributed by atoms with Gasteiger partial charge < -0.3 is 9.52 Å². The molecule has 0 amide bonds. The van der Waals surface area contributed by atoms with E-state index in [0.717, 1.165) is 26.8 Å². The lowest BCUT2D eigenvalue weighted by molar-refractivity contribution is 0.282. The first-order valence-electron chi connectivity index (χ1n) is 6.16. The number of oxazole rings is 1. The molecule has 0 radical (unpaired) electrons. The molecule has 0 saturated heterocycles. The van der Waals surface area contributed by atoms with E-state index in [1.165, 1.54) is 0 Å². The van der Waals surface area contributed by atoms with Crippen LogP contribution in [0.15, 0.2) is 57.4 Å². The molecule has 0 saturated carbocycles. The maximum atomic E-state index is 9.00. The summed E-state index contributed by atoms with van der Waals surface area (Å²) < 4.78 is 5.49. The van der Waals surface area contributed by atoms with Gasteiger partial charge in [0.2, 0.25) is 5.89 Å². The smallest absolute Gasteiger partial charge is 0.236 e. The lowest BCUT2D eigenvalue weighted by atomic mass is 10.2. The van der Waals surface area contributed by atoms with E-state index in [9.17, 15) is 0 Å². The zero-order chi connectivity index (χ0) is 13.8. The van der Waals surface area contributed by atoms with Crippen LogP contribution in [-0.4, -0.2) is 10.1 Å². The Balaban J connectivity index is 1.63. The molecule has 1 aromatic carbocycles. The molecule has 1 N–H and O–H groups in total. The standard InChI is InChI=1S/C15H13NO2S2/c17-8-11-3-5-13(6-4-11)20-10-12-9-18-15(16-12)14-2-1-7-19-14/h1-7,9,17H,8,10H2. The van der Waals surface area contributed by atoms with E-state index >= 15 is 0 Å². The molecular weight excluding hydrogens is 290 g/mol. The van der Waals surface area contributed by atoms with Crippen LogP contribution in [0.25, 0.3) is 10.8 Å². The fraction of sp³-hybridized carbons (Fsp3) is 0.133. The molecule has 102 valence electrons. The number of hydrogen-bond acceptors (Lipinski definition) is 5. The van der Waals surface area contributed by atoms with Crippen LogP contribution < -0.4 is 0 Å². The van der Waals surface area contributed by atoms with Gasteiger partial charge in [-0.05, 0) is 29.1 Å². The van der Waals surface area contributed by atoms with Crippen molar-refractivity contribution in [3.63, 3.8) is 0 Å². The Morgan fingerprint density at radius 2 is 2.05 bits per heavy atom.